The van der Waals surface area contributed by atoms with E-state index in [0.717, 1.165) is 11.0 Å². The van der Waals surface area contributed by atoms with Gasteiger partial charge in [-0.3, -0.25) is 0 Å². The fourth-order valence-corrected chi connectivity index (χ4v) is 1.43. The summed E-state index contributed by atoms with van der Waals surface area (Å²) in [5.41, 5.74) is 1.73. The Morgan fingerprint density at radius 3 is 2.88 bits per heavy atom. The van der Waals surface area contributed by atoms with Crippen molar-refractivity contribution >= 4 is 17.0 Å². The quantitative estimate of drug-likeness (QED) is 0.564. The van der Waals surface area contributed by atoms with E-state index in [-0.39, 0.29) is 5.63 Å². The Labute approximate surface area is 93.5 Å². The Morgan fingerprint density at radius 1 is 1.38 bits per heavy atom. The van der Waals surface area contributed by atoms with Gasteiger partial charge in [0.05, 0.1) is 5.56 Å². The van der Waals surface area contributed by atoms with E-state index >= 15 is 0 Å². The Bertz CT molecular complexity index is 618. The van der Waals surface area contributed by atoms with Gasteiger partial charge in [0.25, 0.3) is 0 Å². The summed E-state index contributed by atoms with van der Waals surface area (Å²) in [6.45, 7) is 5.62. The van der Waals surface area contributed by atoms with Gasteiger partial charge in [-0.2, -0.15) is 0 Å². The van der Waals surface area contributed by atoms with Crippen LogP contribution in [0.25, 0.3) is 17.0 Å². The molecule has 0 N–H and O–H groups in total. The Kier molecular flexibility index (Phi) is 2.73. The van der Waals surface area contributed by atoms with Crippen LogP contribution < -0.4 is 5.63 Å². The number of hydrogen-bond acceptors (Lipinski definition) is 2. The van der Waals surface area contributed by atoms with E-state index in [0.29, 0.717) is 11.1 Å². The fourth-order valence-electron chi connectivity index (χ4n) is 1.43. The molecule has 1 aromatic heterocycles. The minimum absolute atomic E-state index is 0.323. The van der Waals surface area contributed by atoms with Gasteiger partial charge in [0, 0.05) is 5.39 Å². The van der Waals surface area contributed by atoms with Crippen molar-refractivity contribution < 1.29 is 4.42 Å². The molecule has 0 saturated heterocycles. The largest absolute Gasteiger partial charge is 0.422 e. The molecule has 2 heteroatoms. The molecule has 1 heterocycles. The van der Waals surface area contributed by atoms with Crippen LogP contribution >= 0.6 is 0 Å². The van der Waals surface area contributed by atoms with Crippen LogP contribution in [0.15, 0.2) is 57.8 Å². The van der Waals surface area contributed by atoms with Crippen molar-refractivity contribution in [2.75, 3.05) is 0 Å². The van der Waals surface area contributed by atoms with Crippen molar-refractivity contribution in [3.63, 3.8) is 0 Å². The predicted octanol–water partition coefficient (Wildman–Crippen LogP) is 3.38. The monoisotopic (exact) mass is 212 g/mol. The highest BCUT2D eigenvalue weighted by molar-refractivity contribution is 5.78. The molecule has 0 spiro atoms. The third kappa shape index (κ3) is 2.11. The molecule has 0 unspecified atom stereocenters. The molecule has 0 aliphatic carbocycles. The molecule has 0 aliphatic heterocycles. The van der Waals surface area contributed by atoms with Crippen molar-refractivity contribution in [3.8, 4) is 0 Å². The van der Waals surface area contributed by atoms with E-state index in [1.54, 1.807) is 18.2 Å². The van der Waals surface area contributed by atoms with Crippen LogP contribution in [-0.2, 0) is 0 Å². The first-order valence-electron chi connectivity index (χ1n) is 5.03. The van der Waals surface area contributed by atoms with Crippen LogP contribution in [0.2, 0.25) is 0 Å². The smallest absolute Gasteiger partial charge is 0.343 e. The second kappa shape index (κ2) is 4.19. The first-order valence-corrected chi connectivity index (χ1v) is 5.03. The van der Waals surface area contributed by atoms with Crippen molar-refractivity contribution in [1.82, 2.24) is 0 Å². The maximum absolute atomic E-state index is 11.6. The van der Waals surface area contributed by atoms with Crippen LogP contribution in [0, 0.1) is 0 Å². The van der Waals surface area contributed by atoms with Crippen molar-refractivity contribution in [2.24, 2.45) is 0 Å². The third-order valence-corrected chi connectivity index (χ3v) is 2.22. The molecular weight excluding hydrogens is 200 g/mol. The highest BCUT2D eigenvalue weighted by Gasteiger charge is 2.01. The number of allylic oxidation sites excluding steroid dienone is 2. The Morgan fingerprint density at radius 2 is 2.12 bits per heavy atom. The number of hydrogen-bond donors (Lipinski definition) is 0. The summed E-state index contributed by atoms with van der Waals surface area (Å²) in [5, 5.41) is 0.920. The molecule has 0 saturated carbocycles. The van der Waals surface area contributed by atoms with Gasteiger partial charge in [0.2, 0.25) is 0 Å². The molecule has 2 rings (SSSR count). The van der Waals surface area contributed by atoms with Gasteiger partial charge in [-0.25, -0.2) is 4.79 Å². The lowest BCUT2D eigenvalue weighted by Crippen LogP contribution is -2.02. The maximum atomic E-state index is 11.6. The van der Waals surface area contributed by atoms with E-state index < -0.39 is 0 Å². The minimum atomic E-state index is -0.323. The van der Waals surface area contributed by atoms with E-state index in [9.17, 15) is 4.79 Å². The first kappa shape index (κ1) is 10.4. The zero-order chi connectivity index (χ0) is 11.5. The Balaban J connectivity index is 2.59. The molecule has 0 aliphatic rings. The molecule has 1 aromatic carbocycles. The van der Waals surface area contributed by atoms with Gasteiger partial charge in [-0.05, 0) is 25.1 Å². The summed E-state index contributed by atoms with van der Waals surface area (Å²) < 4.78 is 5.19. The first-order chi connectivity index (χ1) is 7.66. The van der Waals surface area contributed by atoms with Gasteiger partial charge >= 0.3 is 5.63 Å². The van der Waals surface area contributed by atoms with Gasteiger partial charge in [-0.15, -0.1) is 0 Å². The number of para-hydroxylation sites is 1. The normalized spacial score (nSPS) is 11.1. The van der Waals surface area contributed by atoms with Crippen LogP contribution in [0.3, 0.4) is 0 Å². The van der Waals surface area contributed by atoms with E-state index in [1.165, 1.54) is 0 Å². The maximum Gasteiger partial charge on any atom is 0.343 e. The summed E-state index contributed by atoms with van der Waals surface area (Å²) in [4.78, 5) is 11.6. The van der Waals surface area contributed by atoms with E-state index in [2.05, 4.69) is 6.58 Å². The molecule has 2 aromatic rings. The fraction of sp³-hybridized carbons (Fsp3) is 0.0714. The van der Waals surface area contributed by atoms with Gasteiger partial charge < -0.3 is 4.42 Å². The van der Waals surface area contributed by atoms with Crippen molar-refractivity contribution in [1.29, 1.82) is 0 Å². The van der Waals surface area contributed by atoms with Crippen molar-refractivity contribution in [3.05, 3.63) is 64.5 Å². The van der Waals surface area contributed by atoms with Crippen LogP contribution in [0.4, 0.5) is 0 Å². The average Bonchev–Trinajstić information content (AvgIpc) is 2.26. The number of benzene rings is 1. The summed E-state index contributed by atoms with van der Waals surface area (Å²) in [7, 11) is 0. The summed E-state index contributed by atoms with van der Waals surface area (Å²) >= 11 is 0. The molecule has 0 bridgehead atoms. The van der Waals surface area contributed by atoms with Crippen LogP contribution in [-0.4, -0.2) is 0 Å². The minimum Gasteiger partial charge on any atom is -0.422 e. The molecule has 0 fully saturated rings. The summed E-state index contributed by atoms with van der Waals surface area (Å²) in [5.74, 6) is 0. The lowest BCUT2D eigenvalue weighted by Gasteiger charge is -1.97. The number of rotatable bonds is 2. The summed E-state index contributed by atoms with van der Waals surface area (Å²) in [6.07, 6.45) is 3.52. The summed E-state index contributed by atoms with van der Waals surface area (Å²) in [6, 6.07) is 9.27. The highest BCUT2D eigenvalue weighted by atomic mass is 16.4. The molecule has 2 nitrogen and oxygen atoms in total. The molecule has 0 radical (unpaired) electrons. The highest BCUT2D eigenvalue weighted by Crippen LogP contribution is 2.13. The van der Waals surface area contributed by atoms with Gasteiger partial charge in [-0.1, -0.05) is 36.4 Å². The standard InChI is InChI=1S/C14H12O2/c1-10(2)7-8-12-9-11-5-3-4-6-13(11)16-14(12)15/h3-9H,1H2,2H3. The van der Waals surface area contributed by atoms with E-state index in [1.807, 2.05) is 31.2 Å². The molecule has 80 valence electrons. The van der Waals surface area contributed by atoms with Gasteiger partial charge in [0.15, 0.2) is 0 Å². The average molecular weight is 212 g/mol. The Hall–Kier alpha value is -2.09. The number of fused-ring (bicyclic) bond motifs is 1. The zero-order valence-corrected chi connectivity index (χ0v) is 9.07. The SMILES string of the molecule is C=C(C)C=Cc1cc2ccccc2oc1=O. The lowest BCUT2D eigenvalue weighted by molar-refractivity contribution is 0.559. The van der Waals surface area contributed by atoms with Crippen molar-refractivity contribution in [2.45, 2.75) is 6.92 Å². The van der Waals surface area contributed by atoms with Gasteiger partial charge in [0.1, 0.15) is 5.58 Å². The molecule has 0 amide bonds. The third-order valence-electron chi connectivity index (χ3n) is 2.22. The molecule has 0 atom stereocenters. The topological polar surface area (TPSA) is 30.2 Å². The second-order valence-electron chi connectivity index (χ2n) is 3.71. The van der Waals surface area contributed by atoms with E-state index in [4.69, 9.17) is 4.42 Å². The second-order valence-corrected chi connectivity index (χ2v) is 3.71. The lowest BCUT2D eigenvalue weighted by atomic mass is 10.1. The van der Waals surface area contributed by atoms with Crippen LogP contribution in [0.1, 0.15) is 12.5 Å². The van der Waals surface area contributed by atoms with Crippen LogP contribution in [0.5, 0.6) is 0 Å². The molecule has 16 heavy (non-hydrogen) atoms. The predicted molar refractivity (Wildman–Crippen MR) is 66.3 cm³/mol. The zero-order valence-electron chi connectivity index (χ0n) is 9.07. The molecular formula is C14H12O2.